The third-order valence-electron chi connectivity index (χ3n) is 4.34. The lowest BCUT2D eigenvalue weighted by Crippen LogP contribution is -2.15. The summed E-state index contributed by atoms with van der Waals surface area (Å²) in [5, 5.41) is 11.7. The van der Waals surface area contributed by atoms with E-state index in [1.54, 1.807) is 6.33 Å². The van der Waals surface area contributed by atoms with E-state index in [9.17, 15) is 0 Å². The van der Waals surface area contributed by atoms with Gasteiger partial charge in [0.2, 0.25) is 0 Å². The smallest absolute Gasteiger partial charge is 0.163 e. The molecule has 20 heavy (non-hydrogen) atoms. The molecule has 0 amide bonds. The van der Waals surface area contributed by atoms with Gasteiger partial charge in [0.25, 0.3) is 0 Å². The number of anilines is 1. The van der Waals surface area contributed by atoms with Crippen LogP contribution in [0.3, 0.4) is 0 Å². The summed E-state index contributed by atoms with van der Waals surface area (Å²) < 4.78 is 1.94. The van der Waals surface area contributed by atoms with Crippen LogP contribution in [0.5, 0.6) is 0 Å². The molecule has 4 nitrogen and oxygen atoms in total. The van der Waals surface area contributed by atoms with Gasteiger partial charge in [0.1, 0.15) is 6.33 Å². The molecule has 1 saturated carbocycles. The highest BCUT2D eigenvalue weighted by Gasteiger charge is 2.22. The zero-order chi connectivity index (χ0) is 13.9. The van der Waals surface area contributed by atoms with Crippen molar-refractivity contribution >= 4 is 5.69 Å². The lowest BCUT2D eigenvalue weighted by molar-refractivity contribution is 0.525. The number of aromatic nitrogens is 3. The summed E-state index contributed by atoms with van der Waals surface area (Å²) in [6.07, 6.45) is 7.00. The van der Waals surface area contributed by atoms with Crippen LogP contribution in [0.25, 0.3) is 11.4 Å². The lowest BCUT2D eigenvalue weighted by atomic mass is 10.1. The van der Waals surface area contributed by atoms with Gasteiger partial charge in [-0.15, -0.1) is 10.2 Å². The first-order valence-electron chi connectivity index (χ1n) is 7.47. The first-order valence-corrected chi connectivity index (χ1v) is 7.47. The van der Waals surface area contributed by atoms with Gasteiger partial charge in [-0.1, -0.05) is 13.3 Å². The van der Waals surface area contributed by atoms with Gasteiger partial charge in [-0.3, -0.25) is 0 Å². The summed E-state index contributed by atoms with van der Waals surface area (Å²) in [4.78, 5) is 0. The van der Waals surface area contributed by atoms with E-state index in [2.05, 4.69) is 46.7 Å². The molecular formula is C16H22N4. The number of hydrogen-bond donors (Lipinski definition) is 1. The van der Waals surface area contributed by atoms with Crippen LogP contribution in [0.4, 0.5) is 5.69 Å². The molecule has 1 fully saturated rings. The summed E-state index contributed by atoms with van der Waals surface area (Å²) in [6, 6.07) is 9.14. The summed E-state index contributed by atoms with van der Waals surface area (Å²) >= 11 is 0. The van der Waals surface area contributed by atoms with Crippen molar-refractivity contribution in [3.05, 3.63) is 30.6 Å². The Labute approximate surface area is 120 Å². The molecule has 0 bridgehead atoms. The molecule has 0 aliphatic heterocycles. The third kappa shape index (κ3) is 2.69. The van der Waals surface area contributed by atoms with Crippen molar-refractivity contribution < 1.29 is 0 Å². The van der Waals surface area contributed by atoms with Gasteiger partial charge in [-0.2, -0.15) is 0 Å². The molecule has 1 heterocycles. The molecule has 1 aliphatic carbocycles. The highest BCUT2D eigenvalue weighted by atomic mass is 15.2. The number of aryl methyl sites for hydroxylation is 1. The molecule has 106 valence electrons. The van der Waals surface area contributed by atoms with Crippen LogP contribution in [0, 0.1) is 5.92 Å². The molecule has 2 unspecified atom stereocenters. The van der Waals surface area contributed by atoms with Gasteiger partial charge in [0, 0.05) is 24.3 Å². The molecule has 4 heteroatoms. The minimum Gasteiger partial charge on any atom is -0.382 e. The van der Waals surface area contributed by atoms with Crippen molar-refractivity contribution in [1.82, 2.24) is 14.8 Å². The normalized spacial score (nSPS) is 22.1. The molecule has 0 saturated heterocycles. The van der Waals surface area contributed by atoms with Crippen molar-refractivity contribution in [2.24, 2.45) is 13.0 Å². The zero-order valence-electron chi connectivity index (χ0n) is 12.2. The van der Waals surface area contributed by atoms with E-state index in [4.69, 9.17) is 0 Å². The Hall–Kier alpha value is -1.84. The van der Waals surface area contributed by atoms with Crippen molar-refractivity contribution in [2.75, 3.05) is 5.32 Å². The maximum Gasteiger partial charge on any atom is 0.163 e. The fourth-order valence-corrected chi connectivity index (χ4v) is 3.07. The van der Waals surface area contributed by atoms with Gasteiger partial charge < -0.3 is 9.88 Å². The number of nitrogens with one attached hydrogen (secondary N) is 1. The van der Waals surface area contributed by atoms with Crippen LogP contribution >= 0.6 is 0 Å². The Balaban J connectivity index is 1.66. The number of rotatable bonds is 4. The van der Waals surface area contributed by atoms with Gasteiger partial charge in [0.05, 0.1) is 0 Å². The van der Waals surface area contributed by atoms with Crippen molar-refractivity contribution in [1.29, 1.82) is 0 Å². The predicted octanol–water partition coefficient (Wildman–Crippen LogP) is 3.47. The van der Waals surface area contributed by atoms with E-state index < -0.39 is 0 Å². The van der Waals surface area contributed by atoms with Crippen molar-refractivity contribution in [3.8, 4) is 11.4 Å². The van der Waals surface area contributed by atoms with Crippen LogP contribution in [0.2, 0.25) is 0 Å². The van der Waals surface area contributed by atoms with Gasteiger partial charge >= 0.3 is 0 Å². The van der Waals surface area contributed by atoms with Crippen LogP contribution in [-0.4, -0.2) is 20.8 Å². The molecule has 1 aromatic heterocycles. The van der Waals surface area contributed by atoms with Crippen LogP contribution < -0.4 is 5.32 Å². The number of nitrogens with zero attached hydrogens (tertiary/aromatic N) is 3. The average molecular weight is 270 g/mol. The second-order valence-corrected chi connectivity index (χ2v) is 5.77. The molecule has 1 aromatic carbocycles. The van der Waals surface area contributed by atoms with Gasteiger partial charge in [0.15, 0.2) is 5.82 Å². The Kier molecular flexibility index (Phi) is 3.72. The van der Waals surface area contributed by atoms with Crippen molar-refractivity contribution in [3.63, 3.8) is 0 Å². The minimum absolute atomic E-state index is 0.639. The maximum atomic E-state index is 4.13. The molecular weight excluding hydrogens is 248 g/mol. The number of hydrogen-bond acceptors (Lipinski definition) is 3. The van der Waals surface area contributed by atoms with Crippen LogP contribution in [0.1, 0.15) is 32.6 Å². The summed E-state index contributed by atoms with van der Waals surface area (Å²) in [7, 11) is 1.96. The molecule has 1 aliphatic rings. The molecule has 0 radical (unpaired) electrons. The largest absolute Gasteiger partial charge is 0.382 e. The van der Waals surface area contributed by atoms with Gasteiger partial charge in [-0.05, 0) is 49.4 Å². The quantitative estimate of drug-likeness (QED) is 0.925. The molecule has 2 aromatic rings. The van der Waals surface area contributed by atoms with Crippen molar-refractivity contribution in [2.45, 2.75) is 38.6 Å². The summed E-state index contributed by atoms with van der Waals surface area (Å²) in [5.74, 6) is 1.81. The summed E-state index contributed by atoms with van der Waals surface area (Å²) in [5.41, 5.74) is 2.31. The second kappa shape index (κ2) is 5.65. The van der Waals surface area contributed by atoms with E-state index in [-0.39, 0.29) is 0 Å². The Morgan fingerprint density at radius 2 is 2.05 bits per heavy atom. The summed E-state index contributed by atoms with van der Waals surface area (Å²) in [6.45, 7) is 2.29. The Morgan fingerprint density at radius 1 is 1.25 bits per heavy atom. The monoisotopic (exact) mass is 270 g/mol. The van der Waals surface area contributed by atoms with Gasteiger partial charge in [-0.25, -0.2) is 0 Å². The standard InChI is InChI=1S/C16H22N4/c1-3-12-4-7-15(10-12)18-14-8-5-13(6-9-14)16-19-17-11-20(16)2/h5-6,8-9,11-12,15,18H,3-4,7,10H2,1-2H3. The average Bonchev–Trinajstić information content (AvgIpc) is 3.09. The third-order valence-corrected chi connectivity index (χ3v) is 4.34. The minimum atomic E-state index is 0.639. The van der Waals surface area contributed by atoms with Crippen LogP contribution in [-0.2, 0) is 7.05 Å². The highest BCUT2D eigenvalue weighted by Crippen LogP contribution is 2.30. The second-order valence-electron chi connectivity index (χ2n) is 5.77. The van der Waals surface area contributed by atoms with E-state index in [1.807, 2.05) is 11.6 Å². The zero-order valence-corrected chi connectivity index (χ0v) is 12.2. The first-order chi connectivity index (χ1) is 9.76. The topological polar surface area (TPSA) is 42.7 Å². The maximum absolute atomic E-state index is 4.13. The lowest BCUT2D eigenvalue weighted by Gasteiger charge is -2.14. The number of benzene rings is 1. The Morgan fingerprint density at radius 3 is 2.65 bits per heavy atom. The molecule has 3 rings (SSSR count). The van der Waals surface area contributed by atoms with E-state index >= 15 is 0 Å². The Bertz CT molecular complexity index is 558. The predicted molar refractivity (Wildman–Crippen MR) is 81.5 cm³/mol. The first kappa shape index (κ1) is 13.2. The SMILES string of the molecule is CCC1CCC(Nc2ccc(-c3nncn3C)cc2)C1. The molecule has 1 N–H and O–H groups in total. The van der Waals surface area contributed by atoms with E-state index in [1.165, 1.54) is 31.4 Å². The van der Waals surface area contributed by atoms with Crippen LogP contribution in [0.15, 0.2) is 30.6 Å². The van der Waals surface area contributed by atoms with E-state index in [0.717, 1.165) is 17.3 Å². The fraction of sp³-hybridized carbons (Fsp3) is 0.500. The van der Waals surface area contributed by atoms with E-state index in [0.29, 0.717) is 6.04 Å². The molecule has 2 atom stereocenters. The highest BCUT2D eigenvalue weighted by molar-refractivity contribution is 5.59. The fourth-order valence-electron chi connectivity index (χ4n) is 3.07. The molecule has 0 spiro atoms.